The molecule has 1 N–H and O–H groups in total. The van der Waals surface area contributed by atoms with Crippen molar-refractivity contribution in [1.82, 2.24) is 24.5 Å². The van der Waals surface area contributed by atoms with Crippen molar-refractivity contribution in [2.75, 3.05) is 18.4 Å². The van der Waals surface area contributed by atoms with E-state index >= 15 is 0 Å². The minimum absolute atomic E-state index is 0.107. The molecule has 9 nitrogen and oxygen atoms in total. The fourth-order valence-corrected chi connectivity index (χ4v) is 6.71. The number of aryl methyl sites for hydroxylation is 4. The first-order valence-electron chi connectivity index (χ1n) is 11.7. The molecule has 1 aromatic heterocycles. The Balaban J connectivity index is 1.46. The molecule has 35 heavy (non-hydrogen) atoms. The summed E-state index contributed by atoms with van der Waals surface area (Å²) in [5.74, 6) is 0.283. The van der Waals surface area contributed by atoms with Gasteiger partial charge >= 0.3 is 0 Å². The highest BCUT2D eigenvalue weighted by atomic mass is 32.2. The average Bonchev–Trinajstić information content (AvgIpc) is 3.24. The second-order valence-corrected chi connectivity index (χ2v) is 11.3. The van der Waals surface area contributed by atoms with Gasteiger partial charge in [0.25, 0.3) is 0 Å². The van der Waals surface area contributed by atoms with Crippen molar-refractivity contribution in [3.05, 3.63) is 57.9 Å². The van der Waals surface area contributed by atoms with Gasteiger partial charge in [0.05, 0.1) is 10.6 Å². The van der Waals surface area contributed by atoms with Crippen LogP contribution in [-0.4, -0.2) is 51.9 Å². The lowest BCUT2D eigenvalue weighted by Crippen LogP contribution is -2.41. The number of hydrogen-bond acceptors (Lipinski definition) is 6. The molecule has 186 valence electrons. The molecule has 0 bridgehead atoms. The van der Waals surface area contributed by atoms with Gasteiger partial charge in [0.1, 0.15) is 0 Å². The zero-order valence-corrected chi connectivity index (χ0v) is 21.9. The van der Waals surface area contributed by atoms with Crippen LogP contribution < -0.4 is 5.32 Å². The number of carbonyl (C=O) groups excluding carboxylic acids is 1. The third-order valence-corrected chi connectivity index (χ3v) is 9.22. The Morgan fingerprint density at radius 3 is 2.14 bits per heavy atom. The molecule has 0 saturated carbocycles. The smallest absolute Gasteiger partial charge is 0.243 e. The standard InChI is InChI=1S/C25H32N6O3S/c1-15-7-8-22(14-23(15)31-20(6)27-28-29-31)26-25(32)21-9-11-30(12-10-21)35(33,34)24-18(4)16(2)13-17(3)19(24)5/h7-8,13-14,21H,9-12H2,1-6H3,(H,26,32). The third kappa shape index (κ3) is 4.72. The Kier molecular flexibility index (Phi) is 6.79. The molecule has 3 aromatic rings. The largest absolute Gasteiger partial charge is 0.326 e. The molecule has 0 unspecified atom stereocenters. The second-order valence-electron chi connectivity index (χ2n) is 9.40. The van der Waals surface area contributed by atoms with E-state index in [1.165, 1.54) is 4.31 Å². The van der Waals surface area contributed by atoms with Crippen LogP contribution in [0, 0.1) is 47.5 Å². The van der Waals surface area contributed by atoms with Crippen LogP contribution in [0.4, 0.5) is 5.69 Å². The third-order valence-electron chi connectivity index (χ3n) is 7.05. The SMILES string of the molecule is Cc1ccc(NC(=O)C2CCN(S(=O)(=O)c3c(C)c(C)cc(C)c3C)CC2)cc1-n1nnnc1C. The number of hydrogen-bond donors (Lipinski definition) is 1. The van der Waals surface area contributed by atoms with Crippen LogP contribution in [0.2, 0.25) is 0 Å². The van der Waals surface area contributed by atoms with Gasteiger partial charge in [-0.2, -0.15) is 8.99 Å². The monoisotopic (exact) mass is 496 g/mol. The maximum Gasteiger partial charge on any atom is 0.243 e. The molecule has 1 fully saturated rings. The summed E-state index contributed by atoms with van der Waals surface area (Å²) in [6, 6.07) is 7.64. The second kappa shape index (κ2) is 9.50. The van der Waals surface area contributed by atoms with Crippen molar-refractivity contribution in [2.24, 2.45) is 5.92 Å². The minimum atomic E-state index is -3.64. The maximum absolute atomic E-state index is 13.5. The van der Waals surface area contributed by atoms with Crippen molar-refractivity contribution in [2.45, 2.75) is 59.3 Å². The molecule has 1 aliphatic heterocycles. The van der Waals surface area contributed by atoms with Gasteiger partial charge < -0.3 is 5.32 Å². The Morgan fingerprint density at radius 1 is 0.943 bits per heavy atom. The lowest BCUT2D eigenvalue weighted by molar-refractivity contribution is -0.120. The van der Waals surface area contributed by atoms with Crippen LogP contribution in [0.5, 0.6) is 0 Å². The summed E-state index contributed by atoms with van der Waals surface area (Å²) in [4.78, 5) is 13.4. The lowest BCUT2D eigenvalue weighted by atomic mass is 9.97. The van der Waals surface area contributed by atoms with Crippen LogP contribution in [-0.2, 0) is 14.8 Å². The number of rotatable bonds is 5. The predicted octanol–water partition coefficient (Wildman–Crippen LogP) is 3.55. The number of piperidine rings is 1. The fraction of sp³-hybridized carbons (Fsp3) is 0.440. The van der Waals surface area contributed by atoms with Gasteiger partial charge in [-0.1, -0.05) is 12.1 Å². The molecule has 2 aromatic carbocycles. The normalized spacial score (nSPS) is 15.4. The van der Waals surface area contributed by atoms with E-state index in [1.54, 1.807) is 4.68 Å². The van der Waals surface area contributed by atoms with Gasteiger partial charge in [-0.25, -0.2) is 8.42 Å². The van der Waals surface area contributed by atoms with Gasteiger partial charge in [-0.15, -0.1) is 5.10 Å². The van der Waals surface area contributed by atoms with E-state index in [0.29, 0.717) is 42.3 Å². The van der Waals surface area contributed by atoms with Crippen LogP contribution in [0.1, 0.15) is 46.5 Å². The molecular formula is C25H32N6O3S. The topological polar surface area (TPSA) is 110 Å². The number of amides is 1. The Labute approximate surface area is 206 Å². The number of nitrogens with one attached hydrogen (secondary N) is 1. The molecule has 1 amide bonds. The summed E-state index contributed by atoms with van der Waals surface area (Å²) in [6.45, 7) is 12.0. The van der Waals surface area contributed by atoms with E-state index in [2.05, 4.69) is 20.8 Å². The number of tetrazole rings is 1. The van der Waals surface area contributed by atoms with Crippen molar-refractivity contribution >= 4 is 21.6 Å². The molecule has 0 spiro atoms. The quantitative estimate of drug-likeness (QED) is 0.578. The van der Waals surface area contributed by atoms with Crippen molar-refractivity contribution < 1.29 is 13.2 Å². The summed E-state index contributed by atoms with van der Waals surface area (Å²) in [5.41, 5.74) is 5.95. The molecule has 0 atom stereocenters. The molecule has 0 radical (unpaired) electrons. The van der Waals surface area contributed by atoms with Gasteiger partial charge in [0.15, 0.2) is 5.82 Å². The number of benzene rings is 2. The molecule has 2 heterocycles. The number of anilines is 1. The Bertz CT molecular complexity index is 1360. The summed E-state index contributed by atoms with van der Waals surface area (Å²) >= 11 is 0. The molecule has 4 rings (SSSR count). The maximum atomic E-state index is 13.5. The van der Waals surface area contributed by atoms with E-state index in [0.717, 1.165) is 33.5 Å². The number of sulfonamides is 1. The van der Waals surface area contributed by atoms with E-state index in [-0.39, 0.29) is 11.8 Å². The minimum Gasteiger partial charge on any atom is -0.326 e. The highest BCUT2D eigenvalue weighted by molar-refractivity contribution is 7.89. The number of carbonyl (C=O) groups is 1. The van der Waals surface area contributed by atoms with Crippen molar-refractivity contribution in [3.63, 3.8) is 0 Å². The van der Waals surface area contributed by atoms with Gasteiger partial charge in [-0.05, 0) is 105 Å². The van der Waals surface area contributed by atoms with Gasteiger partial charge in [0, 0.05) is 24.7 Å². The molecule has 10 heteroatoms. The van der Waals surface area contributed by atoms with Gasteiger partial charge in [0.2, 0.25) is 15.9 Å². The summed E-state index contributed by atoms with van der Waals surface area (Å²) < 4.78 is 30.2. The van der Waals surface area contributed by atoms with Crippen molar-refractivity contribution in [3.8, 4) is 5.69 Å². The van der Waals surface area contributed by atoms with E-state index in [9.17, 15) is 13.2 Å². The number of nitrogens with zero attached hydrogens (tertiary/aromatic N) is 5. The predicted molar refractivity (Wildman–Crippen MR) is 134 cm³/mol. The Hall–Kier alpha value is -3.11. The van der Waals surface area contributed by atoms with Crippen LogP contribution in [0.15, 0.2) is 29.2 Å². The van der Waals surface area contributed by atoms with Crippen LogP contribution in [0.3, 0.4) is 0 Å². The average molecular weight is 497 g/mol. The fourth-order valence-electron chi connectivity index (χ4n) is 4.67. The van der Waals surface area contributed by atoms with E-state index < -0.39 is 10.0 Å². The molecule has 1 aliphatic rings. The van der Waals surface area contributed by atoms with E-state index in [4.69, 9.17) is 0 Å². The first-order valence-corrected chi connectivity index (χ1v) is 13.2. The molecule has 1 saturated heterocycles. The lowest BCUT2D eigenvalue weighted by Gasteiger charge is -2.32. The summed E-state index contributed by atoms with van der Waals surface area (Å²) in [5, 5.41) is 14.6. The first-order chi connectivity index (χ1) is 16.5. The van der Waals surface area contributed by atoms with Crippen LogP contribution in [0.25, 0.3) is 5.69 Å². The summed E-state index contributed by atoms with van der Waals surface area (Å²) in [6.07, 6.45) is 0.942. The zero-order chi connectivity index (χ0) is 25.5. The first kappa shape index (κ1) is 25.0. The molecule has 0 aliphatic carbocycles. The summed E-state index contributed by atoms with van der Waals surface area (Å²) in [7, 11) is -3.64. The van der Waals surface area contributed by atoms with Crippen LogP contribution >= 0.6 is 0 Å². The zero-order valence-electron chi connectivity index (χ0n) is 21.1. The molecular weight excluding hydrogens is 464 g/mol. The highest BCUT2D eigenvalue weighted by Gasteiger charge is 2.34. The van der Waals surface area contributed by atoms with E-state index in [1.807, 2.05) is 65.8 Å². The van der Waals surface area contributed by atoms with Crippen molar-refractivity contribution in [1.29, 1.82) is 0 Å². The van der Waals surface area contributed by atoms with Gasteiger partial charge in [-0.3, -0.25) is 4.79 Å². The highest BCUT2D eigenvalue weighted by Crippen LogP contribution is 2.31. The number of aromatic nitrogens is 4. The Morgan fingerprint density at radius 2 is 1.57 bits per heavy atom.